The first kappa shape index (κ1) is 34.2. The molecule has 17 rings (SSSR count). The zero-order chi connectivity index (χ0) is 39.6. The predicted molar refractivity (Wildman–Crippen MR) is 251 cm³/mol. The van der Waals surface area contributed by atoms with Gasteiger partial charge in [0, 0.05) is 27.9 Å². The van der Waals surface area contributed by atoms with Crippen LogP contribution in [0.5, 0.6) is 0 Å². The molecule has 7 aromatic carbocycles. The monoisotopic (exact) mass is 787 g/mol. The molecule has 0 heterocycles. The molecule has 7 aromatic rings. The molecule has 8 saturated carbocycles. The van der Waals surface area contributed by atoms with Gasteiger partial charge in [-0.2, -0.15) is 0 Å². The molecule has 0 amide bonds. The summed E-state index contributed by atoms with van der Waals surface area (Å²) in [4.78, 5) is 2.65. The molecule has 8 bridgehead atoms. The van der Waals surface area contributed by atoms with E-state index in [1.165, 1.54) is 125 Å². The highest BCUT2D eigenvalue weighted by molar-refractivity contribution is 5.98. The van der Waals surface area contributed by atoms with Gasteiger partial charge in [-0.3, -0.25) is 0 Å². The lowest BCUT2D eigenvalue weighted by molar-refractivity contribution is -0.0399. The molecular formula is C60H53N. The van der Waals surface area contributed by atoms with Gasteiger partial charge in [-0.15, -0.1) is 0 Å². The number of fused-ring (bicyclic) bond motifs is 7. The van der Waals surface area contributed by atoms with E-state index in [1.54, 1.807) is 22.3 Å². The summed E-state index contributed by atoms with van der Waals surface area (Å²) in [5.41, 5.74) is 19.1. The Morgan fingerprint density at radius 3 is 1.49 bits per heavy atom. The summed E-state index contributed by atoms with van der Waals surface area (Å²) in [5, 5.41) is 2.60. The van der Waals surface area contributed by atoms with Gasteiger partial charge in [-0.1, -0.05) is 115 Å². The normalized spacial score (nSPS) is 32.4. The van der Waals surface area contributed by atoms with Crippen LogP contribution in [0.3, 0.4) is 0 Å². The minimum Gasteiger partial charge on any atom is -0.310 e. The van der Waals surface area contributed by atoms with E-state index in [9.17, 15) is 0 Å². The van der Waals surface area contributed by atoms with E-state index in [0.29, 0.717) is 0 Å². The number of hydrogen-bond acceptors (Lipinski definition) is 1. The summed E-state index contributed by atoms with van der Waals surface area (Å²) in [6, 6.07) is 59.8. The van der Waals surface area contributed by atoms with E-state index in [2.05, 4.69) is 157 Å². The molecule has 10 aliphatic carbocycles. The third-order valence-corrected chi connectivity index (χ3v) is 18.8. The van der Waals surface area contributed by atoms with Crippen LogP contribution < -0.4 is 4.90 Å². The lowest BCUT2D eigenvalue weighted by atomic mass is 9.43. The smallest absolute Gasteiger partial charge is 0.0468 e. The molecule has 0 saturated heterocycles. The van der Waals surface area contributed by atoms with Crippen molar-refractivity contribution in [3.63, 3.8) is 0 Å². The average molecular weight is 788 g/mol. The van der Waals surface area contributed by atoms with E-state index in [4.69, 9.17) is 0 Å². The molecule has 1 heteroatoms. The number of benzene rings is 7. The molecule has 0 atom stereocenters. The van der Waals surface area contributed by atoms with Crippen molar-refractivity contribution in [1.29, 1.82) is 0 Å². The predicted octanol–water partition coefficient (Wildman–Crippen LogP) is 15.4. The van der Waals surface area contributed by atoms with Crippen LogP contribution in [0.25, 0.3) is 44.2 Å². The maximum absolute atomic E-state index is 2.70. The van der Waals surface area contributed by atoms with Crippen molar-refractivity contribution in [1.82, 2.24) is 0 Å². The van der Waals surface area contributed by atoms with Crippen LogP contribution in [0, 0.1) is 47.3 Å². The molecule has 0 radical (unpaired) electrons. The number of nitrogens with zero attached hydrogens (tertiary/aromatic N) is 1. The van der Waals surface area contributed by atoms with Crippen molar-refractivity contribution in [2.24, 2.45) is 47.3 Å². The first-order valence-corrected chi connectivity index (χ1v) is 24.0. The molecule has 8 fully saturated rings. The van der Waals surface area contributed by atoms with Crippen LogP contribution >= 0.6 is 0 Å². The molecular weight excluding hydrogens is 735 g/mol. The SMILES string of the molecule is c1cc(-c2cccc3ccccc23)cc(N(c2ccc3c(c2)-c2ccccc2C32C3CC4CC(C3)CC2C4)c2ccc3c(c2)C2(c4ccccc4-3)C3CC4CC(C3)CC2C4)c1. The largest absolute Gasteiger partial charge is 0.310 e. The number of hydrogen-bond donors (Lipinski definition) is 0. The van der Waals surface area contributed by atoms with E-state index >= 15 is 0 Å². The third kappa shape index (κ3) is 4.39. The van der Waals surface area contributed by atoms with E-state index in [0.717, 1.165) is 47.3 Å². The minimum atomic E-state index is 0.120. The molecule has 298 valence electrons. The topological polar surface area (TPSA) is 3.24 Å². The van der Waals surface area contributed by atoms with E-state index in [-0.39, 0.29) is 10.8 Å². The molecule has 1 nitrogen and oxygen atoms in total. The molecule has 10 aliphatic rings. The van der Waals surface area contributed by atoms with Crippen molar-refractivity contribution < 1.29 is 0 Å². The fraction of sp³-hybridized carbons (Fsp3) is 0.333. The Bertz CT molecular complexity index is 2920. The van der Waals surface area contributed by atoms with Crippen molar-refractivity contribution in [3.8, 4) is 33.4 Å². The third-order valence-electron chi connectivity index (χ3n) is 18.8. The van der Waals surface area contributed by atoms with Crippen LogP contribution in [0.2, 0.25) is 0 Å². The molecule has 61 heavy (non-hydrogen) atoms. The first-order chi connectivity index (χ1) is 30.1. The van der Waals surface area contributed by atoms with Crippen LogP contribution in [0.1, 0.15) is 86.5 Å². The van der Waals surface area contributed by atoms with Gasteiger partial charge >= 0.3 is 0 Å². The van der Waals surface area contributed by atoms with Crippen molar-refractivity contribution in [2.45, 2.75) is 75.0 Å². The highest BCUT2D eigenvalue weighted by atomic mass is 15.1. The van der Waals surface area contributed by atoms with Crippen molar-refractivity contribution in [3.05, 3.63) is 174 Å². The van der Waals surface area contributed by atoms with Gasteiger partial charge in [0.2, 0.25) is 0 Å². The summed E-state index contributed by atoms with van der Waals surface area (Å²) in [5.74, 6) is 6.73. The van der Waals surface area contributed by atoms with Crippen molar-refractivity contribution >= 4 is 27.8 Å². The Kier molecular flexibility index (Phi) is 6.82. The second-order valence-corrected chi connectivity index (χ2v) is 21.3. The minimum absolute atomic E-state index is 0.120. The standard InChI is InChI=1S/C60H53N/c1-2-13-49-40(9-1)10-8-16-50(49)41-11-7-12-46(33-41)61(47-20-22-57-54(34-47)52-15-4-6-18-56(52)59(57)42-25-36-23-37(27-42)28-43(59)26-36)48-19-21-53-51-14-3-5-17-55(51)60(58(53)35-48)44-29-38-24-39(31-44)32-45(60)30-38/h1-22,33-39,42-45H,23-32H2. The zero-order valence-electron chi connectivity index (χ0n) is 35.1. The highest BCUT2D eigenvalue weighted by Crippen LogP contribution is 2.71. The van der Waals surface area contributed by atoms with Crippen molar-refractivity contribution in [2.75, 3.05) is 4.90 Å². The summed E-state index contributed by atoms with van der Waals surface area (Å²) >= 11 is 0. The van der Waals surface area contributed by atoms with Crippen LogP contribution in [-0.2, 0) is 10.8 Å². The van der Waals surface area contributed by atoms with Crippen LogP contribution in [0.4, 0.5) is 17.1 Å². The van der Waals surface area contributed by atoms with Gasteiger partial charge in [0.05, 0.1) is 0 Å². The van der Waals surface area contributed by atoms with Crippen LogP contribution in [-0.4, -0.2) is 0 Å². The zero-order valence-corrected chi connectivity index (χ0v) is 35.1. The Morgan fingerprint density at radius 1 is 0.328 bits per heavy atom. The molecule has 0 aromatic heterocycles. The summed E-state index contributed by atoms with van der Waals surface area (Å²) in [6.07, 6.45) is 14.2. The van der Waals surface area contributed by atoms with E-state index < -0.39 is 0 Å². The molecule has 0 N–H and O–H groups in total. The van der Waals surface area contributed by atoms with Gasteiger partial charge < -0.3 is 4.90 Å². The highest BCUT2D eigenvalue weighted by Gasteiger charge is 2.63. The maximum atomic E-state index is 2.70. The maximum Gasteiger partial charge on any atom is 0.0468 e. The quantitative estimate of drug-likeness (QED) is 0.172. The fourth-order valence-electron chi connectivity index (χ4n) is 17.3. The summed E-state index contributed by atoms with van der Waals surface area (Å²) in [6.45, 7) is 0. The summed E-state index contributed by atoms with van der Waals surface area (Å²) in [7, 11) is 0. The van der Waals surface area contributed by atoms with Gasteiger partial charge in [0.15, 0.2) is 0 Å². The Balaban J connectivity index is 0.947. The fourth-order valence-corrected chi connectivity index (χ4v) is 17.3. The van der Waals surface area contributed by atoms with E-state index in [1.807, 2.05) is 0 Å². The molecule has 0 unspecified atom stereocenters. The Morgan fingerprint density at radius 2 is 0.803 bits per heavy atom. The summed E-state index contributed by atoms with van der Waals surface area (Å²) < 4.78 is 0. The average Bonchev–Trinajstić information content (AvgIpc) is 3.75. The van der Waals surface area contributed by atoms with Gasteiger partial charge in [0.1, 0.15) is 0 Å². The number of rotatable bonds is 4. The Hall–Kier alpha value is -5.40. The first-order valence-electron chi connectivity index (χ1n) is 24.0. The lowest BCUT2D eigenvalue weighted by Gasteiger charge is -2.61. The Labute approximate surface area is 360 Å². The second-order valence-electron chi connectivity index (χ2n) is 21.3. The van der Waals surface area contributed by atoms with Gasteiger partial charge in [-0.05, 0) is 214 Å². The van der Waals surface area contributed by atoms with Crippen LogP contribution in [0.15, 0.2) is 152 Å². The van der Waals surface area contributed by atoms with Gasteiger partial charge in [0.25, 0.3) is 0 Å². The van der Waals surface area contributed by atoms with Gasteiger partial charge in [-0.25, -0.2) is 0 Å². The molecule has 0 aliphatic heterocycles. The second kappa shape index (κ2) is 12.2. The molecule has 2 spiro atoms. The number of anilines is 3. The lowest BCUT2D eigenvalue weighted by Crippen LogP contribution is -2.55.